The van der Waals surface area contributed by atoms with Crippen molar-refractivity contribution >= 4 is 17.1 Å². The van der Waals surface area contributed by atoms with Gasteiger partial charge in [0.1, 0.15) is 23.3 Å². The van der Waals surface area contributed by atoms with E-state index in [0.717, 1.165) is 81.2 Å². The van der Waals surface area contributed by atoms with Crippen molar-refractivity contribution in [1.29, 1.82) is 0 Å². The van der Waals surface area contributed by atoms with Crippen LogP contribution in [0.1, 0.15) is 22.3 Å². The fourth-order valence-corrected chi connectivity index (χ4v) is 6.71. The number of nitrogens with zero attached hydrogens (tertiary/aromatic N) is 3. The van der Waals surface area contributed by atoms with Crippen LogP contribution >= 0.6 is 0 Å². The number of pyridine rings is 2. The summed E-state index contributed by atoms with van der Waals surface area (Å²) >= 11 is 0. The number of halogens is 4. The molecule has 0 bridgehead atoms. The van der Waals surface area contributed by atoms with Gasteiger partial charge in [-0.1, -0.05) is 42.5 Å². The molecule has 0 unspecified atom stereocenters. The molecule has 4 aromatic carbocycles. The van der Waals surface area contributed by atoms with E-state index in [1.165, 1.54) is 4.90 Å². The number of rotatable bonds is 3. The van der Waals surface area contributed by atoms with Crippen molar-refractivity contribution in [2.24, 2.45) is 0 Å². The Labute approximate surface area is 238 Å². The number of hydrogen-bond donors (Lipinski definition) is 0. The van der Waals surface area contributed by atoms with Crippen molar-refractivity contribution < 1.29 is 17.6 Å². The number of hydrogen-bond acceptors (Lipinski definition) is 3. The van der Waals surface area contributed by atoms with E-state index in [0.29, 0.717) is 5.69 Å². The van der Waals surface area contributed by atoms with Gasteiger partial charge in [-0.15, -0.1) is 0 Å². The Balaban J connectivity index is 1.45. The fourth-order valence-electron chi connectivity index (χ4n) is 6.71. The summed E-state index contributed by atoms with van der Waals surface area (Å²) in [6.07, 6.45) is 3.49. The minimum atomic E-state index is -0.812. The molecule has 2 aliphatic rings. The molecule has 0 radical (unpaired) electrons. The van der Waals surface area contributed by atoms with E-state index in [1.54, 1.807) is 18.5 Å². The Morgan fingerprint density at radius 2 is 0.952 bits per heavy atom. The lowest BCUT2D eigenvalue weighted by Gasteiger charge is -2.31. The van der Waals surface area contributed by atoms with Crippen LogP contribution in [0, 0.1) is 23.3 Å². The third-order valence-electron chi connectivity index (χ3n) is 8.15. The second-order valence-electron chi connectivity index (χ2n) is 10.4. The smallest absolute Gasteiger partial charge is 0.128 e. The third-order valence-corrected chi connectivity index (χ3v) is 8.15. The predicted molar refractivity (Wildman–Crippen MR) is 153 cm³/mol. The molecule has 2 heterocycles. The van der Waals surface area contributed by atoms with Gasteiger partial charge < -0.3 is 4.90 Å². The van der Waals surface area contributed by atoms with Crippen molar-refractivity contribution in [1.82, 2.24) is 9.97 Å². The number of aromatic nitrogens is 2. The molecule has 0 fully saturated rings. The molecule has 0 saturated carbocycles. The zero-order valence-electron chi connectivity index (χ0n) is 21.8. The van der Waals surface area contributed by atoms with Gasteiger partial charge in [-0.2, -0.15) is 0 Å². The highest BCUT2D eigenvalue weighted by Crippen LogP contribution is 2.62. The predicted octanol–water partition coefficient (Wildman–Crippen LogP) is 8.85. The lowest BCUT2D eigenvalue weighted by Crippen LogP contribution is -2.26. The van der Waals surface area contributed by atoms with Crippen molar-refractivity contribution in [2.75, 3.05) is 4.90 Å². The Bertz CT molecular complexity index is 1920. The normalized spacial score (nSPS) is 13.4. The van der Waals surface area contributed by atoms with Gasteiger partial charge in [0.25, 0.3) is 0 Å². The molecule has 0 saturated heterocycles. The van der Waals surface area contributed by atoms with Gasteiger partial charge in [-0.3, -0.25) is 9.97 Å². The maximum Gasteiger partial charge on any atom is 0.128 e. The second-order valence-corrected chi connectivity index (χ2v) is 10.4. The molecule has 6 aromatic rings. The summed E-state index contributed by atoms with van der Waals surface area (Å²) in [5.41, 5.74) is 7.29. The van der Waals surface area contributed by atoms with Crippen LogP contribution in [0.2, 0.25) is 0 Å². The first-order chi connectivity index (χ1) is 20.4. The monoisotopic (exact) mass is 557 g/mol. The summed E-state index contributed by atoms with van der Waals surface area (Å²) in [4.78, 5) is 10.9. The first-order valence-corrected chi connectivity index (χ1v) is 13.3. The molecule has 8 rings (SSSR count). The molecule has 202 valence electrons. The lowest BCUT2D eigenvalue weighted by molar-refractivity contribution is 0.582. The van der Waals surface area contributed by atoms with E-state index in [4.69, 9.17) is 9.97 Å². The molecule has 2 aromatic heterocycles. The summed E-state index contributed by atoms with van der Waals surface area (Å²) in [7, 11) is 0. The van der Waals surface area contributed by atoms with E-state index < -0.39 is 28.7 Å². The van der Waals surface area contributed by atoms with Crippen LogP contribution in [0.5, 0.6) is 0 Å². The summed E-state index contributed by atoms with van der Waals surface area (Å²) in [5.74, 6) is -3.25. The molecule has 42 heavy (non-hydrogen) atoms. The van der Waals surface area contributed by atoms with E-state index in [2.05, 4.69) is 12.1 Å². The highest BCUT2D eigenvalue weighted by atomic mass is 19.1. The molecular formula is C35H19F4N3. The average molecular weight is 558 g/mol. The average Bonchev–Trinajstić information content (AvgIpc) is 3.44. The van der Waals surface area contributed by atoms with Crippen LogP contribution in [-0.4, -0.2) is 9.97 Å². The number of anilines is 3. The van der Waals surface area contributed by atoms with E-state index in [1.807, 2.05) is 48.5 Å². The maximum atomic E-state index is 14.5. The molecule has 2 aliphatic carbocycles. The fraction of sp³-hybridized carbons (Fsp3) is 0.0286. The van der Waals surface area contributed by atoms with Crippen LogP contribution < -0.4 is 4.90 Å². The SMILES string of the molecule is Fc1cc(F)cc(N(c2cc(F)cc(F)c2)c2ccc3c(c2)C2(c4ccccc4-3)c3cccnc3-c3ncccc32)c1. The Kier molecular flexibility index (Phi) is 5.16. The minimum Gasteiger partial charge on any atom is -0.310 e. The zero-order valence-corrected chi connectivity index (χ0v) is 21.8. The van der Waals surface area contributed by atoms with E-state index in [9.17, 15) is 17.6 Å². The third kappa shape index (κ3) is 3.34. The highest BCUT2D eigenvalue weighted by Gasteiger charge is 2.53. The van der Waals surface area contributed by atoms with Crippen LogP contribution in [0.3, 0.4) is 0 Å². The molecule has 0 amide bonds. The highest BCUT2D eigenvalue weighted by molar-refractivity contribution is 5.94. The summed E-state index contributed by atoms with van der Waals surface area (Å²) in [6.45, 7) is 0. The Hall–Kier alpha value is -5.30. The molecular weight excluding hydrogens is 538 g/mol. The second kappa shape index (κ2) is 8.85. The van der Waals surface area contributed by atoms with Crippen molar-refractivity contribution in [3.05, 3.63) is 161 Å². The van der Waals surface area contributed by atoms with Gasteiger partial charge in [0.15, 0.2) is 0 Å². The minimum absolute atomic E-state index is 0.0811. The Morgan fingerprint density at radius 3 is 1.52 bits per heavy atom. The zero-order chi connectivity index (χ0) is 28.6. The van der Waals surface area contributed by atoms with Crippen molar-refractivity contribution in [2.45, 2.75) is 5.41 Å². The van der Waals surface area contributed by atoms with Gasteiger partial charge in [-0.25, -0.2) is 17.6 Å². The molecule has 7 heteroatoms. The quantitative estimate of drug-likeness (QED) is 0.203. The van der Waals surface area contributed by atoms with Crippen LogP contribution in [0.4, 0.5) is 34.6 Å². The maximum absolute atomic E-state index is 14.5. The standard InChI is InChI=1S/C35H19F4N3/c36-20-13-21(37)16-25(15-20)42(26-17-22(38)14-23(39)18-26)24-9-10-28-27-5-1-2-6-29(27)35(32(28)19-24)30-7-3-11-40-33(30)34-31(35)8-4-12-41-34/h1-19H. The molecule has 0 aliphatic heterocycles. The topological polar surface area (TPSA) is 29.0 Å². The van der Waals surface area contributed by atoms with Crippen molar-refractivity contribution in [3.8, 4) is 22.5 Å². The van der Waals surface area contributed by atoms with E-state index >= 15 is 0 Å². The molecule has 3 nitrogen and oxygen atoms in total. The van der Waals surface area contributed by atoms with Crippen molar-refractivity contribution in [3.63, 3.8) is 0 Å². The van der Waals surface area contributed by atoms with Gasteiger partial charge in [-0.05, 0) is 81.9 Å². The number of fused-ring (bicyclic) bond motifs is 10. The summed E-state index contributed by atoms with van der Waals surface area (Å²) in [6, 6.07) is 27.8. The Morgan fingerprint density at radius 1 is 0.452 bits per heavy atom. The van der Waals surface area contributed by atoms with Crippen LogP contribution in [-0.2, 0) is 5.41 Å². The summed E-state index contributed by atoms with van der Waals surface area (Å²) < 4.78 is 58.1. The molecule has 0 atom stereocenters. The van der Waals surface area contributed by atoms with Gasteiger partial charge in [0, 0.05) is 30.2 Å². The van der Waals surface area contributed by atoms with Gasteiger partial charge >= 0.3 is 0 Å². The van der Waals surface area contributed by atoms with E-state index in [-0.39, 0.29) is 11.4 Å². The van der Waals surface area contributed by atoms with Crippen LogP contribution in [0.25, 0.3) is 22.5 Å². The largest absolute Gasteiger partial charge is 0.310 e. The number of benzene rings is 4. The first-order valence-electron chi connectivity index (χ1n) is 13.3. The lowest BCUT2D eigenvalue weighted by atomic mass is 9.71. The van der Waals surface area contributed by atoms with Crippen LogP contribution in [0.15, 0.2) is 116 Å². The molecule has 1 spiro atoms. The van der Waals surface area contributed by atoms with Gasteiger partial charge in [0.2, 0.25) is 0 Å². The summed E-state index contributed by atoms with van der Waals surface area (Å²) in [5, 5.41) is 0. The molecule has 0 N–H and O–H groups in total. The first kappa shape index (κ1) is 24.5. The van der Waals surface area contributed by atoms with Gasteiger partial charge in [0.05, 0.1) is 28.2 Å².